The molecule has 0 saturated carbocycles. The Morgan fingerprint density at radius 2 is 1.83 bits per heavy atom. The van der Waals surface area contributed by atoms with Crippen molar-refractivity contribution in [2.45, 2.75) is 51.2 Å². The van der Waals surface area contributed by atoms with Gasteiger partial charge in [0, 0.05) is 10.0 Å². The van der Waals surface area contributed by atoms with Gasteiger partial charge in [0.25, 0.3) is 0 Å². The van der Waals surface area contributed by atoms with Crippen molar-refractivity contribution >= 4 is 23.2 Å². The normalized spacial score (nSPS) is 16.3. The van der Waals surface area contributed by atoms with Crippen LogP contribution >= 0.6 is 23.2 Å². The summed E-state index contributed by atoms with van der Waals surface area (Å²) in [6.45, 7) is 3.95. The maximum absolute atomic E-state index is 9.91. The standard InChI is InChI=1S/C14H20Cl2O2/c1-3-4-13(17)14(18)7-9(2)11-8-10(15)5-6-12(11)16/h5-6,8-9,13-14,17-18H,3-4,7H2,1-2H3. The molecule has 0 saturated heterocycles. The predicted octanol–water partition coefficient (Wildman–Crippen LogP) is 4.01. The summed E-state index contributed by atoms with van der Waals surface area (Å²) in [6.07, 6.45) is 0.536. The van der Waals surface area contributed by atoms with Crippen LogP contribution in [0.1, 0.15) is 44.6 Å². The Balaban J connectivity index is 2.69. The molecule has 1 aromatic carbocycles. The monoisotopic (exact) mass is 290 g/mol. The molecular weight excluding hydrogens is 271 g/mol. The summed E-state index contributed by atoms with van der Waals surface area (Å²) in [5, 5.41) is 20.9. The zero-order chi connectivity index (χ0) is 13.7. The number of hydrogen-bond acceptors (Lipinski definition) is 2. The Morgan fingerprint density at radius 1 is 1.17 bits per heavy atom. The summed E-state index contributed by atoms with van der Waals surface area (Å²) in [6, 6.07) is 5.31. The van der Waals surface area contributed by atoms with E-state index in [1.807, 2.05) is 19.9 Å². The van der Waals surface area contributed by atoms with Gasteiger partial charge in [-0.3, -0.25) is 0 Å². The predicted molar refractivity (Wildman–Crippen MR) is 76.4 cm³/mol. The van der Waals surface area contributed by atoms with Crippen molar-refractivity contribution in [3.05, 3.63) is 33.8 Å². The van der Waals surface area contributed by atoms with E-state index in [2.05, 4.69) is 0 Å². The van der Waals surface area contributed by atoms with Crippen LogP contribution in [0.4, 0.5) is 0 Å². The van der Waals surface area contributed by atoms with E-state index in [1.165, 1.54) is 0 Å². The van der Waals surface area contributed by atoms with Crippen LogP contribution < -0.4 is 0 Å². The van der Waals surface area contributed by atoms with Crippen LogP contribution in [0.5, 0.6) is 0 Å². The van der Waals surface area contributed by atoms with Crippen molar-refractivity contribution in [2.24, 2.45) is 0 Å². The third kappa shape index (κ3) is 4.43. The maximum atomic E-state index is 9.91. The highest BCUT2D eigenvalue weighted by molar-refractivity contribution is 6.33. The Morgan fingerprint density at radius 3 is 2.44 bits per heavy atom. The summed E-state index contributed by atoms with van der Waals surface area (Å²) in [5.74, 6) is 0.0534. The Hall–Kier alpha value is -0.280. The smallest absolute Gasteiger partial charge is 0.0804 e. The summed E-state index contributed by atoms with van der Waals surface area (Å²) >= 11 is 12.1. The molecule has 1 rings (SSSR count). The highest BCUT2D eigenvalue weighted by Gasteiger charge is 2.20. The quantitative estimate of drug-likeness (QED) is 0.831. The molecule has 0 heterocycles. The number of halogens is 2. The second-order valence-corrected chi connectivity index (χ2v) is 5.57. The van der Waals surface area contributed by atoms with Gasteiger partial charge in [-0.05, 0) is 42.5 Å². The molecule has 102 valence electrons. The molecule has 0 spiro atoms. The second kappa shape index (κ2) is 7.34. The third-order valence-electron chi connectivity index (χ3n) is 3.11. The Labute approximate surface area is 119 Å². The SMILES string of the molecule is CCCC(O)C(O)CC(C)c1cc(Cl)ccc1Cl. The van der Waals surface area contributed by atoms with Gasteiger partial charge >= 0.3 is 0 Å². The lowest BCUT2D eigenvalue weighted by Gasteiger charge is -2.22. The highest BCUT2D eigenvalue weighted by Crippen LogP contribution is 2.30. The first-order chi connectivity index (χ1) is 8.45. The minimum atomic E-state index is -0.727. The van der Waals surface area contributed by atoms with Gasteiger partial charge in [0.05, 0.1) is 12.2 Å². The molecule has 3 atom stereocenters. The van der Waals surface area contributed by atoms with Crippen molar-refractivity contribution in [3.63, 3.8) is 0 Å². The van der Waals surface area contributed by atoms with E-state index >= 15 is 0 Å². The van der Waals surface area contributed by atoms with Crippen molar-refractivity contribution < 1.29 is 10.2 Å². The summed E-state index contributed by atoms with van der Waals surface area (Å²) in [5.41, 5.74) is 0.909. The summed E-state index contributed by atoms with van der Waals surface area (Å²) < 4.78 is 0. The average Bonchev–Trinajstić information content (AvgIpc) is 2.32. The first-order valence-corrected chi connectivity index (χ1v) is 7.02. The molecule has 2 N–H and O–H groups in total. The molecule has 2 nitrogen and oxygen atoms in total. The van der Waals surface area contributed by atoms with E-state index in [9.17, 15) is 10.2 Å². The van der Waals surface area contributed by atoms with Gasteiger partial charge in [0.15, 0.2) is 0 Å². The van der Waals surface area contributed by atoms with E-state index in [-0.39, 0.29) is 5.92 Å². The van der Waals surface area contributed by atoms with Crippen molar-refractivity contribution in [1.29, 1.82) is 0 Å². The minimum absolute atomic E-state index is 0.0534. The fraction of sp³-hybridized carbons (Fsp3) is 0.571. The number of hydrogen-bond donors (Lipinski definition) is 2. The van der Waals surface area contributed by atoms with Crippen molar-refractivity contribution in [1.82, 2.24) is 0 Å². The van der Waals surface area contributed by atoms with Crippen LogP contribution in [0.15, 0.2) is 18.2 Å². The molecule has 0 aromatic heterocycles. The zero-order valence-corrected chi connectivity index (χ0v) is 12.2. The minimum Gasteiger partial charge on any atom is -0.390 e. The van der Waals surface area contributed by atoms with E-state index in [0.29, 0.717) is 22.9 Å². The highest BCUT2D eigenvalue weighted by atomic mass is 35.5. The average molecular weight is 291 g/mol. The Kier molecular flexibility index (Phi) is 6.44. The molecule has 0 aliphatic rings. The van der Waals surface area contributed by atoms with Crippen LogP contribution in [0.25, 0.3) is 0 Å². The molecule has 0 bridgehead atoms. The van der Waals surface area contributed by atoms with E-state index in [4.69, 9.17) is 23.2 Å². The van der Waals surface area contributed by atoms with E-state index in [1.54, 1.807) is 12.1 Å². The second-order valence-electron chi connectivity index (χ2n) is 4.73. The fourth-order valence-electron chi connectivity index (χ4n) is 2.03. The summed E-state index contributed by atoms with van der Waals surface area (Å²) in [4.78, 5) is 0. The van der Waals surface area contributed by atoms with Gasteiger partial charge in [-0.25, -0.2) is 0 Å². The van der Waals surface area contributed by atoms with Crippen LogP contribution in [0.2, 0.25) is 10.0 Å². The first kappa shape index (κ1) is 15.8. The molecular formula is C14H20Cl2O2. The molecule has 0 aliphatic carbocycles. The van der Waals surface area contributed by atoms with Crippen molar-refractivity contribution in [3.8, 4) is 0 Å². The van der Waals surface area contributed by atoms with Gasteiger partial charge in [-0.2, -0.15) is 0 Å². The third-order valence-corrected chi connectivity index (χ3v) is 3.69. The van der Waals surface area contributed by atoms with E-state index in [0.717, 1.165) is 12.0 Å². The zero-order valence-electron chi connectivity index (χ0n) is 10.7. The molecule has 3 unspecified atom stereocenters. The van der Waals surface area contributed by atoms with Crippen molar-refractivity contribution in [2.75, 3.05) is 0 Å². The van der Waals surface area contributed by atoms with Crippen LogP contribution in [0.3, 0.4) is 0 Å². The maximum Gasteiger partial charge on any atom is 0.0804 e. The number of rotatable bonds is 6. The molecule has 18 heavy (non-hydrogen) atoms. The van der Waals surface area contributed by atoms with Crippen LogP contribution in [-0.4, -0.2) is 22.4 Å². The summed E-state index contributed by atoms with van der Waals surface area (Å²) in [7, 11) is 0. The van der Waals surface area contributed by atoms with Gasteiger partial charge in [-0.1, -0.05) is 43.5 Å². The van der Waals surface area contributed by atoms with Gasteiger partial charge in [0.1, 0.15) is 0 Å². The lowest BCUT2D eigenvalue weighted by Crippen LogP contribution is -2.27. The lowest BCUT2D eigenvalue weighted by atomic mass is 9.92. The van der Waals surface area contributed by atoms with Gasteiger partial charge < -0.3 is 10.2 Å². The van der Waals surface area contributed by atoms with E-state index < -0.39 is 12.2 Å². The molecule has 0 aliphatic heterocycles. The van der Waals surface area contributed by atoms with Crippen LogP contribution in [0, 0.1) is 0 Å². The lowest BCUT2D eigenvalue weighted by molar-refractivity contribution is 0.00638. The van der Waals surface area contributed by atoms with Gasteiger partial charge in [0.2, 0.25) is 0 Å². The number of benzene rings is 1. The molecule has 0 fully saturated rings. The molecule has 4 heteroatoms. The molecule has 1 aromatic rings. The fourth-order valence-corrected chi connectivity index (χ4v) is 2.51. The first-order valence-electron chi connectivity index (χ1n) is 6.26. The van der Waals surface area contributed by atoms with Crippen LogP contribution in [-0.2, 0) is 0 Å². The molecule has 0 radical (unpaired) electrons. The molecule has 0 amide bonds. The van der Waals surface area contributed by atoms with Gasteiger partial charge in [-0.15, -0.1) is 0 Å². The number of aliphatic hydroxyl groups excluding tert-OH is 2. The topological polar surface area (TPSA) is 40.5 Å². The number of aliphatic hydroxyl groups is 2. The largest absolute Gasteiger partial charge is 0.390 e. The Bertz CT molecular complexity index is 382.